The van der Waals surface area contributed by atoms with E-state index in [2.05, 4.69) is 10.3 Å². The molecule has 0 bridgehead atoms. The van der Waals surface area contributed by atoms with Crippen LogP contribution >= 0.6 is 0 Å². The van der Waals surface area contributed by atoms with Crippen LogP contribution in [-0.2, 0) is 14.3 Å². The van der Waals surface area contributed by atoms with Gasteiger partial charge in [-0.15, -0.1) is 0 Å². The summed E-state index contributed by atoms with van der Waals surface area (Å²) >= 11 is 0. The average molecular weight is 418 g/mol. The van der Waals surface area contributed by atoms with Crippen molar-refractivity contribution in [2.45, 2.75) is 38.5 Å². The number of hydrogen-bond donors (Lipinski definition) is 1. The molecule has 2 heterocycles. The maximum atomic E-state index is 13.5. The lowest BCUT2D eigenvalue weighted by atomic mass is 9.73. The summed E-state index contributed by atoms with van der Waals surface area (Å²) in [5, 5.41) is 3.34. The van der Waals surface area contributed by atoms with Crippen LogP contribution in [0.15, 0.2) is 71.2 Å². The van der Waals surface area contributed by atoms with Crippen LogP contribution in [0.4, 0.5) is 0 Å². The Labute approximate surface area is 182 Å². The Kier molecular flexibility index (Phi) is 5.89. The topological polar surface area (TPSA) is 77.5 Å². The highest BCUT2D eigenvalue weighted by Crippen LogP contribution is 2.45. The number of Topliss-reactive ketones (excluding diaryl/α,β-unsaturated/α-hetero) is 1. The van der Waals surface area contributed by atoms with E-state index < -0.39 is 11.9 Å². The zero-order valence-electron chi connectivity index (χ0n) is 18.0. The van der Waals surface area contributed by atoms with Gasteiger partial charge in [-0.1, -0.05) is 18.2 Å². The first-order valence-electron chi connectivity index (χ1n) is 10.5. The number of carbonyl (C=O) groups excluding carboxylic acids is 2. The van der Waals surface area contributed by atoms with Crippen LogP contribution in [0.3, 0.4) is 0 Å². The molecular formula is C25H26N2O4. The van der Waals surface area contributed by atoms with E-state index in [4.69, 9.17) is 9.47 Å². The Bertz CT molecular complexity index is 1070. The van der Waals surface area contributed by atoms with Crippen molar-refractivity contribution < 1.29 is 19.1 Å². The largest absolute Gasteiger partial charge is 0.497 e. The number of rotatable bonds is 5. The molecule has 0 spiro atoms. The molecule has 1 aromatic carbocycles. The van der Waals surface area contributed by atoms with Gasteiger partial charge in [0, 0.05) is 29.6 Å². The van der Waals surface area contributed by atoms with E-state index in [0.29, 0.717) is 35.4 Å². The summed E-state index contributed by atoms with van der Waals surface area (Å²) in [7, 11) is 1.64. The van der Waals surface area contributed by atoms with E-state index in [9.17, 15) is 9.59 Å². The van der Waals surface area contributed by atoms with Gasteiger partial charge in [0.05, 0.1) is 30.9 Å². The summed E-state index contributed by atoms with van der Waals surface area (Å²) in [6.07, 6.45) is 2.72. The van der Waals surface area contributed by atoms with Crippen LogP contribution in [-0.4, -0.2) is 30.5 Å². The molecule has 1 N–H and O–H groups in total. The second kappa shape index (κ2) is 8.76. The van der Waals surface area contributed by atoms with Crippen LogP contribution in [0.1, 0.15) is 49.8 Å². The molecule has 160 valence electrons. The molecule has 0 amide bonds. The molecule has 0 radical (unpaired) electrons. The molecule has 0 saturated heterocycles. The highest BCUT2D eigenvalue weighted by Gasteiger charge is 2.42. The number of benzene rings is 1. The molecule has 31 heavy (non-hydrogen) atoms. The average Bonchev–Trinajstić information content (AvgIpc) is 2.78. The highest BCUT2D eigenvalue weighted by molar-refractivity contribution is 6.04. The number of nitrogens with zero attached hydrogens (tertiary/aromatic N) is 1. The number of allylic oxidation sites excluding steroid dienone is 3. The quantitative estimate of drug-likeness (QED) is 0.739. The molecule has 0 saturated carbocycles. The summed E-state index contributed by atoms with van der Waals surface area (Å²) in [5.41, 5.74) is 4.36. The third kappa shape index (κ3) is 3.98. The Hall–Kier alpha value is -3.41. The van der Waals surface area contributed by atoms with Crippen LogP contribution in [0.2, 0.25) is 0 Å². The van der Waals surface area contributed by atoms with E-state index >= 15 is 0 Å². The third-order valence-corrected chi connectivity index (χ3v) is 5.87. The SMILES string of the molecule is CCOC(=O)C1=C(C)NC2=C(C(=O)C[C@H](c3cccc(OC)c3)C2)[C@@H]1c1ccccn1. The fourth-order valence-corrected chi connectivity index (χ4v) is 4.49. The fourth-order valence-electron chi connectivity index (χ4n) is 4.49. The molecular weight excluding hydrogens is 392 g/mol. The zero-order chi connectivity index (χ0) is 22.0. The predicted octanol–water partition coefficient (Wildman–Crippen LogP) is 4.01. The smallest absolute Gasteiger partial charge is 0.336 e. The van der Waals surface area contributed by atoms with Gasteiger partial charge >= 0.3 is 5.97 Å². The van der Waals surface area contributed by atoms with E-state index in [1.54, 1.807) is 20.2 Å². The number of hydrogen-bond acceptors (Lipinski definition) is 6. The van der Waals surface area contributed by atoms with Crippen LogP contribution in [0.25, 0.3) is 0 Å². The molecule has 0 unspecified atom stereocenters. The Morgan fingerprint density at radius 2 is 2.03 bits per heavy atom. The van der Waals surface area contributed by atoms with Gasteiger partial charge in [0.25, 0.3) is 0 Å². The van der Waals surface area contributed by atoms with Gasteiger partial charge in [-0.3, -0.25) is 9.78 Å². The highest BCUT2D eigenvalue weighted by atomic mass is 16.5. The van der Waals surface area contributed by atoms with Crippen LogP contribution < -0.4 is 10.1 Å². The van der Waals surface area contributed by atoms with Gasteiger partial charge in [0.1, 0.15) is 5.75 Å². The summed E-state index contributed by atoms with van der Waals surface area (Å²) < 4.78 is 10.7. The number of nitrogens with one attached hydrogen (secondary N) is 1. The minimum absolute atomic E-state index is 0.0199. The molecule has 2 aliphatic rings. The maximum absolute atomic E-state index is 13.5. The summed E-state index contributed by atoms with van der Waals surface area (Å²) in [4.78, 5) is 30.8. The second-order valence-corrected chi connectivity index (χ2v) is 7.77. The van der Waals surface area contributed by atoms with Crippen molar-refractivity contribution in [1.29, 1.82) is 0 Å². The van der Waals surface area contributed by atoms with Crippen molar-refractivity contribution in [3.8, 4) is 5.75 Å². The molecule has 4 rings (SSSR count). The number of dihydropyridines is 1. The minimum atomic E-state index is -0.532. The van der Waals surface area contributed by atoms with Crippen LogP contribution in [0.5, 0.6) is 5.75 Å². The van der Waals surface area contributed by atoms with Crippen molar-refractivity contribution in [3.63, 3.8) is 0 Å². The number of esters is 1. The second-order valence-electron chi connectivity index (χ2n) is 7.77. The number of methoxy groups -OCH3 is 1. The molecule has 2 aromatic rings. The van der Waals surface area contributed by atoms with Gasteiger partial charge < -0.3 is 14.8 Å². The normalized spacial score (nSPS) is 20.8. The summed E-state index contributed by atoms with van der Waals surface area (Å²) in [5.74, 6) is -0.122. The number of ether oxygens (including phenoxy) is 2. The number of aromatic nitrogens is 1. The van der Waals surface area contributed by atoms with E-state index in [1.165, 1.54) is 0 Å². The third-order valence-electron chi connectivity index (χ3n) is 5.87. The lowest BCUT2D eigenvalue weighted by Crippen LogP contribution is -2.36. The van der Waals surface area contributed by atoms with Gasteiger partial charge in [0.15, 0.2) is 5.78 Å². The standard InChI is InChI=1S/C25H26N2O4/c1-4-31-25(29)22-15(2)27-20-13-17(16-8-7-9-18(12-16)30-3)14-21(28)23(20)24(22)19-10-5-6-11-26-19/h5-12,17,24,27H,4,13-14H2,1-3H3/t17-,24-/m1/s1. The molecule has 1 aliphatic heterocycles. The van der Waals surface area contributed by atoms with Crippen molar-refractivity contribution in [3.05, 3.63) is 82.5 Å². The predicted molar refractivity (Wildman–Crippen MR) is 116 cm³/mol. The van der Waals surface area contributed by atoms with E-state index in [1.807, 2.05) is 49.4 Å². The Balaban J connectivity index is 1.77. The molecule has 1 aromatic heterocycles. The summed E-state index contributed by atoms with van der Waals surface area (Å²) in [6.45, 7) is 3.89. The van der Waals surface area contributed by atoms with E-state index in [0.717, 1.165) is 17.0 Å². The molecule has 6 nitrogen and oxygen atoms in total. The van der Waals surface area contributed by atoms with Gasteiger partial charge in [-0.25, -0.2) is 4.79 Å². The zero-order valence-corrected chi connectivity index (χ0v) is 18.0. The Morgan fingerprint density at radius 3 is 2.74 bits per heavy atom. The van der Waals surface area contributed by atoms with Gasteiger partial charge in [0.2, 0.25) is 0 Å². The molecule has 1 aliphatic carbocycles. The number of pyridine rings is 1. The van der Waals surface area contributed by atoms with Crippen molar-refractivity contribution in [1.82, 2.24) is 10.3 Å². The first-order valence-corrected chi connectivity index (χ1v) is 10.5. The lowest BCUT2D eigenvalue weighted by Gasteiger charge is -2.36. The minimum Gasteiger partial charge on any atom is -0.497 e. The summed E-state index contributed by atoms with van der Waals surface area (Å²) in [6, 6.07) is 13.4. The maximum Gasteiger partial charge on any atom is 0.336 e. The van der Waals surface area contributed by atoms with Crippen LogP contribution in [0, 0.1) is 0 Å². The lowest BCUT2D eigenvalue weighted by molar-refractivity contribution is -0.138. The molecule has 6 heteroatoms. The molecule has 2 atom stereocenters. The van der Waals surface area contributed by atoms with Crippen molar-refractivity contribution in [2.75, 3.05) is 13.7 Å². The van der Waals surface area contributed by atoms with Crippen molar-refractivity contribution in [2.24, 2.45) is 0 Å². The molecule has 0 fully saturated rings. The van der Waals surface area contributed by atoms with E-state index in [-0.39, 0.29) is 18.3 Å². The first kappa shape index (κ1) is 20.8. The number of ketones is 1. The monoisotopic (exact) mass is 418 g/mol. The first-order chi connectivity index (χ1) is 15.0. The Morgan fingerprint density at radius 1 is 1.19 bits per heavy atom. The fraction of sp³-hybridized carbons (Fsp3) is 0.320. The number of carbonyl (C=O) groups is 2. The van der Waals surface area contributed by atoms with Gasteiger partial charge in [-0.05, 0) is 56.0 Å². The van der Waals surface area contributed by atoms with Crippen molar-refractivity contribution >= 4 is 11.8 Å². The van der Waals surface area contributed by atoms with Gasteiger partial charge in [-0.2, -0.15) is 0 Å².